The lowest BCUT2D eigenvalue weighted by atomic mass is 9.95. The quantitative estimate of drug-likeness (QED) is 0.468. The lowest BCUT2D eigenvalue weighted by molar-refractivity contribution is 0.0601. The molecule has 1 amide bonds. The van der Waals surface area contributed by atoms with Gasteiger partial charge in [0.2, 0.25) is 0 Å². The Morgan fingerprint density at radius 2 is 1.94 bits per heavy atom. The van der Waals surface area contributed by atoms with Gasteiger partial charge in [0.25, 0.3) is 5.91 Å². The maximum atomic E-state index is 12.9. The van der Waals surface area contributed by atoms with Crippen LogP contribution in [0.15, 0.2) is 29.6 Å². The van der Waals surface area contributed by atoms with E-state index in [4.69, 9.17) is 9.47 Å². The van der Waals surface area contributed by atoms with Crippen LogP contribution in [-0.2, 0) is 24.2 Å². The minimum absolute atomic E-state index is 0.216. The number of ether oxygens (including phenoxy) is 2. The zero-order valence-electron chi connectivity index (χ0n) is 17.9. The van der Waals surface area contributed by atoms with Crippen LogP contribution in [-0.4, -0.2) is 19.0 Å². The third kappa shape index (κ3) is 4.67. The van der Waals surface area contributed by atoms with Crippen molar-refractivity contribution in [2.75, 3.05) is 12.4 Å². The maximum absolute atomic E-state index is 12.9. The predicted molar refractivity (Wildman–Crippen MR) is 125 cm³/mol. The number of carbonyl (C=O) groups excluding carboxylic acids is 2. The van der Waals surface area contributed by atoms with Crippen LogP contribution >= 0.6 is 22.7 Å². The molecule has 0 unspecified atom stereocenters. The largest absolute Gasteiger partial charge is 0.489 e. The summed E-state index contributed by atoms with van der Waals surface area (Å²) in [5.74, 6) is 0.249. The van der Waals surface area contributed by atoms with Crippen molar-refractivity contribution in [3.63, 3.8) is 0 Å². The maximum Gasteiger partial charge on any atom is 0.341 e. The third-order valence-corrected chi connectivity index (χ3v) is 7.59. The molecule has 0 saturated carbocycles. The molecule has 0 bridgehead atoms. The van der Waals surface area contributed by atoms with Crippen molar-refractivity contribution >= 4 is 39.6 Å². The average Bonchev–Trinajstić information content (AvgIpc) is 3.38. The van der Waals surface area contributed by atoms with Gasteiger partial charge in [0, 0.05) is 10.4 Å². The number of amides is 1. The van der Waals surface area contributed by atoms with Gasteiger partial charge < -0.3 is 14.8 Å². The highest BCUT2D eigenvalue weighted by atomic mass is 32.1. The summed E-state index contributed by atoms with van der Waals surface area (Å²) in [5.41, 5.74) is 4.72. The number of thiophene rings is 2. The number of esters is 1. The summed E-state index contributed by atoms with van der Waals surface area (Å²) in [4.78, 5) is 27.0. The summed E-state index contributed by atoms with van der Waals surface area (Å²) in [6.45, 7) is 4.44. The molecular weight excluding hydrogens is 430 g/mol. The molecule has 0 saturated heterocycles. The zero-order valence-corrected chi connectivity index (χ0v) is 19.5. The zero-order chi connectivity index (χ0) is 22.0. The molecule has 31 heavy (non-hydrogen) atoms. The monoisotopic (exact) mass is 455 g/mol. The normalized spacial score (nSPS) is 12.9. The van der Waals surface area contributed by atoms with Gasteiger partial charge in [-0.2, -0.15) is 0 Å². The first-order chi connectivity index (χ1) is 15.0. The third-order valence-electron chi connectivity index (χ3n) is 5.40. The van der Waals surface area contributed by atoms with Crippen molar-refractivity contribution in [3.05, 3.63) is 67.2 Å². The van der Waals surface area contributed by atoms with Crippen molar-refractivity contribution < 1.29 is 19.1 Å². The van der Waals surface area contributed by atoms with Crippen LogP contribution < -0.4 is 10.1 Å². The van der Waals surface area contributed by atoms with Gasteiger partial charge in [-0.15, -0.1) is 22.7 Å². The van der Waals surface area contributed by atoms with E-state index in [2.05, 4.69) is 11.4 Å². The van der Waals surface area contributed by atoms with Crippen LogP contribution in [0.4, 0.5) is 5.00 Å². The number of aryl methyl sites for hydroxylation is 3. The van der Waals surface area contributed by atoms with Gasteiger partial charge in [0.15, 0.2) is 0 Å². The smallest absolute Gasteiger partial charge is 0.341 e. The Balaban J connectivity index is 1.48. The van der Waals surface area contributed by atoms with Crippen LogP contribution in [0.5, 0.6) is 5.75 Å². The van der Waals surface area contributed by atoms with Crippen LogP contribution in [0.3, 0.4) is 0 Å². The Bertz CT molecular complexity index is 1130. The van der Waals surface area contributed by atoms with E-state index in [1.807, 2.05) is 37.4 Å². The van der Waals surface area contributed by atoms with E-state index in [0.29, 0.717) is 22.0 Å². The highest BCUT2D eigenvalue weighted by molar-refractivity contribution is 7.17. The molecule has 0 spiro atoms. The molecule has 1 aromatic carbocycles. The van der Waals surface area contributed by atoms with Crippen LogP contribution in [0.1, 0.15) is 60.0 Å². The lowest BCUT2D eigenvalue weighted by Gasteiger charge is -2.11. The molecule has 1 aliphatic carbocycles. The summed E-state index contributed by atoms with van der Waals surface area (Å²) < 4.78 is 10.9. The predicted octanol–water partition coefficient (Wildman–Crippen LogP) is 5.92. The van der Waals surface area contributed by atoms with Gasteiger partial charge >= 0.3 is 5.97 Å². The number of nitrogens with one attached hydrogen (secondary N) is 1. The summed E-state index contributed by atoms with van der Waals surface area (Å²) in [7, 11) is 1.38. The van der Waals surface area contributed by atoms with E-state index in [1.54, 1.807) is 0 Å². The number of hydrogen-bond donors (Lipinski definition) is 1. The molecule has 3 aromatic rings. The SMILES string of the molecule is COC(=O)c1c(NC(=O)c2cc(COc3cc(C)ccc3C)cs2)sc2c1CCCC2. The molecule has 0 aliphatic heterocycles. The first-order valence-corrected chi connectivity index (χ1v) is 12.0. The molecule has 1 N–H and O–H groups in total. The molecule has 0 radical (unpaired) electrons. The number of methoxy groups -OCH3 is 1. The molecule has 4 rings (SSSR count). The highest BCUT2D eigenvalue weighted by Crippen LogP contribution is 2.39. The van der Waals surface area contributed by atoms with Gasteiger partial charge in [0.1, 0.15) is 17.4 Å². The minimum Gasteiger partial charge on any atom is -0.489 e. The Morgan fingerprint density at radius 3 is 2.74 bits per heavy atom. The Kier molecular flexibility index (Phi) is 6.43. The Hall–Kier alpha value is -2.64. The van der Waals surface area contributed by atoms with Gasteiger partial charge in [-0.3, -0.25) is 4.79 Å². The number of rotatable bonds is 6. The second-order valence-corrected chi connectivity index (χ2v) is 9.75. The first-order valence-electron chi connectivity index (χ1n) is 10.3. The van der Waals surface area contributed by atoms with E-state index >= 15 is 0 Å². The Morgan fingerprint density at radius 1 is 1.13 bits per heavy atom. The van der Waals surface area contributed by atoms with E-state index < -0.39 is 0 Å². The molecule has 1 aliphatic rings. The fraction of sp³-hybridized carbons (Fsp3) is 0.333. The number of hydrogen-bond acceptors (Lipinski definition) is 6. The summed E-state index contributed by atoms with van der Waals surface area (Å²) in [6.07, 6.45) is 3.95. The fourth-order valence-electron chi connectivity index (χ4n) is 3.73. The van der Waals surface area contributed by atoms with Crippen molar-refractivity contribution in [1.82, 2.24) is 0 Å². The summed E-state index contributed by atoms with van der Waals surface area (Å²) in [6, 6.07) is 7.95. The molecule has 5 nitrogen and oxygen atoms in total. The number of benzene rings is 1. The van der Waals surface area contributed by atoms with Crippen molar-refractivity contribution in [3.8, 4) is 5.75 Å². The van der Waals surface area contributed by atoms with Crippen LogP contribution in [0.2, 0.25) is 0 Å². The lowest BCUT2D eigenvalue weighted by Crippen LogP contribution is -2.14. The molecule has 2 aromatic heterocycles. The van der Waals surface area contributed by atoms with E-state index in [1.165, 1.54) is 34.7 Å². The standard InChI is InChI=1S/C24H25NO4S2/c1-14-8-9-15(2)18(10-14)29-12-16-11-20(30-13-16)22(26)25-23-21(24(27)28-3)17-6-4-5-7-19(17)31-23/h8-11,13H,4-7,12H2,1-3H3,(H,25,26). The molecule has 162 valence electrons. The molecular formula is C24H25NO4S2. The molecule has 7 heteroatoms. The first kappa shape index (κ1) is 21.6. The van der Waals surface area contributed by atoms with Gasteiger partial charge in [-0.25, -0.2) is 4.79 Å². The Labute approximate surface area is 190 Å². The van der Waals surface area contributed by atoms with Gasteiger partial charge in [-0.05, 0) is 73.7 Å². The van der Waals surface area contributed by atoms with E-state index in [9.17, 15) is 9.59 Å². The molecule has 2 heterocycles. The van der Waals surface area contributed by atoms with E-state index in [-0.39, 0.29) is 11.9 Å². The second-order valence-electron chi connectivity index (χ2n) is 7.74. The molecule has 0 atom stereocenters. The number of fused-ring (bicyclic) bond motifs is 1. The van der Waals surface area contributed by atoms with Crippen molar-refractivity contribution in [2.45, 2.75) is 46.1 Å². The van der Waals surface area contributed by atoms with Crippen molar-refractivity contribution in [2.24, 2.45) is 0 Å². The minimum atomic E-state index is -0.386. The fourth-order valence-corrected chi connectivity index (χ4v) is 5.80. The highest BCUT2D eigenvalue weighted by Gasteiger charge is 2.27. The summed E-state index contributed by atoms with van der Waals surface area (Å²) in [5, 5.41) is 5.47. The van der Waals surface area contributed by atoms with E-state index in [0.717, 1.165) is 53.7 Å². The van der Waals surface area contributed by atoms with Gasteiger partial charge in [-0.1, -0.05) is 12.1 Å². The molecule has 0 fully saturated rings. The van der Waals surface area contributed by atoms with Gasteiger partial charge in [0.05, 0.1) is 17.6 Å². The second kappa shape index (κ2) is 9.24. The summed E-state index contributed by atoms with van der Waals surface area (Å²) >= 11 is 2.86. The van der Waals surface area contributed by atoms with Crippen LogP contribution in [0.25, 0.3) is 0 Å². The number of carbonyl (C=O) groups is 2. The topological polar surface area (TPSA) is 64.6 Å². The van der Waals surface area contributed by atoms with Crippen LogP contribution in [0, 0.1) is 13.8 Å². The average molecular weight is 456 g/mol. The number of anilines is 1. The van der Waals surface area contributed by atoms with Crippen molar-refractivity contribution in [1.29, 1.82) is 0 Å².